The number of amides is 1. The highest BCUT2D eigenvalue weighted by molar-refractivity contribution is 7.92. The second kappa shape index (κ2) is 9.51. The van der Waals surface area contributed by atoms with Crippen LogP contribution in [0.4, 0.5) is 5.69 Å². The largest absolute Gasteiger partial charge is 0.315 e. The number of hydrogen-bond donors (Lipinski definition) is 0. The van der Waals surface area contributed by atoms with Crippen LogP contribution in [0.25, 0.3) is 10.2 Å². The molecule has 0 aliphatic rings. The van der Waals surface area contributed by atoms with Gasteiger partial charge in [0.15, 0.2) is 4.80 Å². The van der Waals surface area contributed by atoms with Gasteiger partial charge < -0.3 is 4.57 Å². The molecule has 6 nitrogen and oxygen atoms in total. The third kappa shape index (κ3) is 4.59. The van der Waals surface area contributed by atoms with Crippen LogP contribution in [0, 0.1) is 0 Å². The van der Waals surface area contributed by atoms with Gasteiger partial charge in [-0.2, -0.15) is 4.99 Å². The van der Waals surface area contributed by atoms with E-state index in [0.29, 0.717) is 27.6 Å². The molecule has 1 heterocycles. The molecule has 0 aliphatic heterocycles. The standard InChI is InChI=1S/C24H22ClN3O3S2/c1-3-16-28-22-20(25)10-7-11-21(22)32-24(28)26-23(29)17-12-14-19(15-13-17)33(30,31)27(2)18-8-5-4-6-9-18/h4-15H,3,16H2,1-2H3. The first kappa shape index (κ1) is 23.2. The fraction of sp³-hybridized carbons (Fsp3) is 0.167. The van der Waals surface area contributed by atoms with Gasteiger partial charge in [-0.15, -0.1) is 0 Å². The Hall–Kier alpha value is -2.94. The molecule has 0 N–H and O–H groups in total. The molecule has 9 heteroatoms. The maximum absolute atomic E-state index is 13.0. The van der Waals surface area contributed by atoms with Gasteiger partial charge >= 0.3 is 0 Å². The van der Waals surface area contributed by atoms with Crippen molar-refractivity contribution in [3.05, 3.63) is 88.2 Å². The van der Waals surface area contributed by atoms with Crippen molar-refractivity contribution in [3.63, 3.8) is 0 Å². The maximum atomic E-state index is 13.0. The van der Waals surface area contributed by atoms with Crippen LogP contribution < -0.4 is 9.11 Å². The van der Waals surface area contributed by atoms with Crippen LogP contribution in [0.15, 0.2) is 82.7 Å². The van der Waals surface area contributed by atoms with Gasteiger partial charge in [0.1, 0.15) is 0 Å². The number of sulfonamides is 1. The number of carbonyl (C=O) groups is 1. The van der Waals surface area contributed by atoms with E-state index in [1.54, 1.807) is 24.3 Å². The summed E-state index contributed by atoms with van der Waals surface area (Å²) in [6.45, 7) is 2.73. The van der Waals surface area contributed by atoms with Crippen molar-refractivity contribution in [2.75, 3.05) is 11.4 Å². The Morgan fingerprint density at radius 2 is 1.73 bits per heavy atom. The third-order valence-electron chi connectivity index (χ3n) is 5.18. The molecule has 0 fully saturated rings. The van der Waals surface area contributed by atoms with Gasteiger partial charge in [-0.05, 0) is 55.0 Å². The first-order chi connectivity index (χ1) is 15.8. The van der Waals surface area contributed by atoms with Crippen LogP contribution in [0.3, 0.4) is 0 Å². The molecule has 1 aromatic heterocycles. The summed E-state index contributed by atoms with van der Waals surface area (Å²) in [6.07, 6.45) is 0.861. The minimum atomic E-state index is -3.75. The number of aromatic nitrogens is 1. The van der Waals surface area contributed by atoms with Crippen molar-refractivity contribution in [2.45, 2.75) is 24.8 Å². The SMILES string of the molecule is CCCn1c(=NC(=O)c2ccc(S(=O)(=O)N(C)c3ccccc3)cc2)sc2cccc(Cl)c21. The zero-order valence-corrected chi connectivity index (χ0v) is 20.5. The molecule has 0 radical (unpaired) electrons. The smallest absolute Gasteiger partial charge is 0.279 e. The van der Waals surface area contributed by atoms with Gasteiger partial charge in [0.05, 0.1) is 25.8 Å². The van der Waals surface area contributed by atoms with E-state index in [4.69, 9.17) is 11.6 Å². The topological polar surface area (TPSA) is 71.7 Å². The van der Waals surface area contributed by atoms with Gasteiger partial charge in [-0.1, -0.05) is 54.1 Å². The second-order valence-electron chi connectivity index (χ2n) is 7.37. The fourth-order valence-corrected chi connectivity index (χ4v) is 6.07. The number of thiazole rings is 1. The number of benzene rings is 3. The number of para-hydroxylation sites is 2. The van der Waals surface area contributed by atoms with Crippen molar-refractivity contribution in [1.82, 2.24) is 4.57 Å². The van der Waals surface area contributed by atoms with Crippen molar-refractivity contribution >= 4 is 54.8 Å². The molecule has 3 aromatic carbocycles. The molecule has 33 heavy (non-hydrogen) atoms. The van der Waals surface area contributed by atoms with E-state index in [1.165, 1.54) is 47.0 Å². The van der Waals surface area contributed by atoms with Gasteiger partial charge in [0.2, 0.25) is 0 Å². The second-order valence-corrected chi connectivity index (χ2v) is 10.8. The van der Waals surface area contributed by atoms with E-state index in [0.717, 1.165) is 16.6 Å². The van der Waals surface area contributed by atoms with Gasteiger partial charge in [0.25, 0.3) is 15.9 Å². The Balaban J connectivity index is 1.67. The molecule has 0 unspecified atom stereocenters. The van der Waals surface area contributed by atoms with Crippen molar-refractivity contribution < 1.29 is 13.2 Å². The number of hydrogen-bond acceptors (Lipinski definition) is 4. The number of fused-ring (bicyclic) bond motifs is 1. The lowest BCUT2D eigenvalue weighted by atomic mass is 10.2. The molecule has 4 rings (SSSR count). The minimum absolute atomic E-state index is 0.0973. The highest BCUT2D eigenvalue weighted by atomic mass is 35.5. The Morgan fingerprint density at radius 3 is 2.39 bits per heavy atom. The summed E-state index contributed by atoms with van der Waals surface area (Å²) in [5.41, 5.74) is 1.72. The molecule has 0 saturated heterocycles. The fourth-order valence-electron chi connectivity index (χ4n) is 3.46. The van der Waals surface area contributed by atoms with Crippen LogP contribution in [0.2, 0.25) is 5.02 Å². The summed E-state index contributed by atoms with van der Waals surface area (Å²) in [5.74, 6) is -0.442. The zero-order chi connectivity index (χ0) is 23.6. The van der Waals surface area contributed by atoms with Crippen LogP contribution in [0.5, 0.6) is 0 Å². The predicted octanol–water partition coefficient (Wildman–Crippen LogP) is 5.33. The lowest BCUT2D eigenvalue weighted by Gasteiger charge is -2.19. The summed E-state index contributed by atoms with van der Waals surface area (Å²) in [6, 6.07) is 20.3. The van der Waals surface area contributed by atoms with Gasteiger partial charge in [0, 0.05) is 19.2 Å². The summed E-state index contributed by atoms with van der Waals surface area (Å²) in [4.78, 5) is 17.9. The van der Waals surface area contributed by atoms with Crippen molar-refractivity contribution in [2.24, 2.45) is 4.99 Å². The number of rotatable bonds is 6. The molecule has 170 valence electrons. The number of carbonyl (C=O) groups excluding carboxylic acids is 1. The Bertz CT molecular complexity index is 1480. The molecular weight excluding hydrogens is 478 g/mol. The zero-order valence-electron chi connectivity index (χ0n) is 18.1. The average Bonchev–Trinajstić information content (AvgIpc) is 3.17. The normalized spacial score (nSPS) is 12.3. The highest BCUT2D eigenvalue weighted by Gasteiger charge is 2.21. The Kier molecular flexibility index (Phi) is 6.69. The predicted molar refractivity (Wildman–Crippen MR) is 133 cm³/mol. The van der Waals surface area contributed by atoms with Crippen molar-refractivity contribution in [3.8, 4) is 0 Å². The van der Waals surface area contributed by atoms with E-state index in [-0.39, 0.29) is 4.90 Å². The summed E-state index contributed by atoms with van der Waals surface area (Å²) >= 11 is 7.79. The molecule has 0 aliphatic carbocycles. The van der Waals surface area contributed by atoms with E-state index in [9.17, 15) is 13.2 Å². The van der Waals surface area contributed by atoms with E-state index >= 15 is 0 Å². The first-order valence-corrected chi connectivity index (χ1v) is 13.0. The summed E-state index contributed by atoms with van der Waals surface area (Å²) in [7, 11) is -2.26. The summed E-state index contributed by atoms with van der Waals surface area (Å²) < 4.78 is 30.0. The monoisotopic (exact) mass is 499 g/mol. The quantitative estimate of drug-likeness (QED) is 0.360. The van der Waals surface area contributed by atoms with E-state index < -0.39 is 15.9 Å². The highest BCUT2D eigenvalue weighted by Crippen LogP contribution is 2.26. The number of nitrogens with zero attached hydrogens (tertiary/aromatic N) is 3. The third-order valence-corrected chi connectivity index (χ3v) is 8.32. The van der Waals surface area contributed by atoms with Crippen LogP contribution in [-0.2, 0) is 16.6 Å². The van der Waals surface area contributed by atoms with Crippen LogP contribution in [0.1, 0.15) is 23.7 Å². The Morgan fingerprint density at radius 1 is 1.03 bits per heavy atom. The first-order valence-electron chi connectivity index (χ1n) is 10.3. The maximum Gasteiger partial charge on any atom is 0.279 e. The Labute approximate surface area is 201 Å². The molecule has 0 saturated carbocycles. The average molecular weight is 500 g/mol. The van der Waals surface area contributed by atoms with Gasteiger partial charge in [-0.25, -0.2) is 8.42 Å². The molecule has 0 atom stereocenters. The van der Waals surface area contributed by atoms with E-state index in [2.05, 4.69) is 4.99 Å². The molecular formula is C24H22ClN3O3S2. The lowest BCUT2D eigenvalue weighted by molar-refractivity contribution is 0.0997. The number of halogens is 1. The van der Waals surface area contributed by atoms with Crippen molar-refractivity contribution in [1.29, 1.82) is 0 Å². The number of anilines is 1. The minimum Gasteiger partial charge on any atom is -0.315 e. The van der Waals surface area contributed by atoms with Crippen LogP contribution >= 0.6 is 22.9 Å². The molecule has 4 aromatic rings. The van der Waals surface area contributed by atoms with Gasteiger partial charge in [-0.3, -0.25) is 9.10 Å². The summed E-state index contributed by atoms with van der Waals surface area (Å²) in [5, 5.41) is 0.614. The number of aryl methyl sites for hydroxylation is 1. The van der Waals surface area contributed by atoms with Crippen LogP contribution in [-0.4, -0.2) is 25.9 Å². The molecule has 0 spiro atoms. The molecule has 1 amide bonds. The molecule has 0 bridgehead atoms. The lowest BCUT2D eigenvalue weighted by Crippen LogP contribution is -2.26. The van der Waals surface area contributed by atoms with E-state index in [1.807, 2.05) is 35.8 Å².